The topological polar surface area (TPSA) is 50.2 Å². The van der Waals surface area contributed by atoms with Crippen molar-refractivity contribution in [1.29, 1.82) is 0 Å². The normalized spacial score (nSPS) is 17.4. The molecule has 20 heavy (non-hydrogen) atoms. The molecule has 1 amide bonds. The first-order valence-electron chi connectivity index (χ1n) is 6.49. The average Bonchev–Trinajstić information content (AvgIpc) is 2.86. The van der Waals surface area contributed by atoms with Gasteiger partial charge in [0.15, 0.2) is 5.11 Å². The molecule has 1 aromatic rings. The second-order valence-corrected chi connectivity index (χ2v) is 6.23. The SMILES string of the molecule is CCn1ncc(Br)c1/C=C1/NC(=S)N(CC(C)C)C1=O. The van der Waals surface area contributed by atoms with E-state index in [1.165, 1.54) is 0 Å². The zero-order valence-electron chi connectivity index (χ0n) is 11.7. The second-order valence-electron chi connectivity index (χ2n) is 4.99. The van der Waals surface area contributed by atoms with Crippen molar-refractivity contribution in [3.8, 4) is 0 Å². The number of halogens is 1. The maximum Gasteiger partial charge on any atom is 0.276 e. The van der Waals surface area contributed by atoms with E-state index >= 15 is 0 Å². The lowest BCUT2D eigenvalue weighted by Crippen LogP contribution is -2.33. The lowest BCUT2D eigenvalue weighted by atomic mass is 10.2. The number of carbonyl (C=O) groups excluding carboxylic acids is 1. The molecule has 108 valence electrons. The Kier molecular flexibility index (Phi) is 4.59. The molecular formula is C13H17BrN4OS. The summed E-state index contributed by atoms with van der Waals surface area (Å²) in [4.78, 5) is 14.0. The summed E-state index contributed by atoms with van der Waals surface area (Å²) in [7, 11) is 0. The zero-order chi connectivity index (χ0) is 14.9. The minimum absolute atomic E-state index is 0.0838. The van der Waals surface area contributed by atoms with Gasteiger partial charge in [-0.25, -0.2) is 0 Å². The van der Waals surface area contributed by atoms with Crippen LogP contribution >= 0.6 is 28.1 Å². The van der Waals surface area contributed by atoms with Crippen LogP contribution in [-0.2, 0) is 11.3 Å². The highest BCUT2D eigenvalue weighted by atomic mass is 79.9. The van der Waals surface area contributed by atoms with Gasteiger partial charge in [0.1, 0.15) is 5.70 Å². The van der Waals surface area contributed by atoms with Gasteiger partial charge in [0, 0.05) is 13.1 Å². The molecule has 0 spiro atoms. The van der Waals surface area contributed by atoms with Gasteiger partial charge in [0.05, 0.1) is 16.4 Å². The average molecular weight is 357 g/mol. The number of aryl methyl sites for hydroxylation is 1. The third-order valence-corrected chi connectivity index (χ3v) is 3.86. The highest BCUT2D eigenvalue weighted by molar-refractivity contribution is 9.10. The van der Waals surface area contributed by atoms with Crippen LogP contribution in [0.25, 0.3) is 6.08 Å². The smallest absolute Gasteiger partial charge is 0.276 e. The number of carbonyl (C=O) groups is 1. The molecule has 0 bridgehead atoms. The lowest BCUT2D eigenvalue weighted by molar-refractivity contribution is -0.122. The summed E-state index contributed by atoms with van der Waals surface area (Å²) in [6, 6.07) is 0. The van der Waals surface area contributed by atoms with Gasteiger partial charge < -0.3 is 5.32 Å². The van der Waals surface area contributed by atoms with Crippen molar-refractivity contribution in [2.45, 2.75) is 27.3 Å². The van der Waals surface area contributed by atoms with Gasteiger partial charge in [-0.3, -0.25) is 14.4 Å². The monoisotopic (exact) mass is 356 g/mol. The highest BCUT2D eigenvalue weighted by Gasteiger charge is 2.31. The number of thiocarbonyl (C=S) groups is 1. The van der Waals surface area contributed by atoms with E-state index in [2.05, 4.69) is 40.2 Å². The van der Waals surface area contributed by atoms with Crippen molar-refractivity contribution >= 4 is 45.2 Å². The third-order valence-electron chi connectivity index (χ3n) is 2.92. The van der Waals surface area contributed by atoms with Crippen LogP contribution in [0.15, 0.2) is 16.4 Å². The van der Waals surface area contributed by atoms with Crippen molar-refractivity contribution in [2.24, 2.45) is 5.92 Å². The van der Waals surface area contributed by atoms with Gasteiger partial charge in [-0.1, -0.05) is 13.8 Å². The number of nitrogens with one attached hydrogen (secondary N) is 1. The summed E-state index contributed by atoms with van der Waals surface area (Å²) >= 11 is 8.66. The van der Waals surface area contributed by atoms with E-state index in [-0.39, 0.29) is 5.91 Å². The van der Waals surface area contributed by atoms with E-state index in [1.807, 2.05) is 11.6 Å². The van der Waals surface area contributed by atoms with Crippen molar-refractivity contribution in [2.75, 3.05) is 6.54 Å². The molecule has 0 atom stereocenters. The lowest BCUT2D eigenvalue weighted by Gasteiger charge is -2.15. The third kappa shape index (κ3) is 2.93. The quantitative estimate of drug-likeness (QED) is 0.664. The fourth-order valence-corrected chi connectivity index (χ4v) is 2.68. The van der Waals surface area contributed by atoms with Crippen molar-refractivity contribution < 1.29 is 4.79 Å². The Hall–Kier alpha value is -1.21. The summed E-state index contributed by atoms with van der Waals surface area (Å²) in [5.74, 6) is 0.283. The predicted molar refractivity (Wildman–Crippen MR) is 85.9 cm³/mol. The molecule has 1 N–H and O–H groups in total. The van der Waals surface area contributed by atoms with Crippen molar-refractivity contribution in [3.63, 3.8) is 0 Å². The maximum atomic E-state index is 12.4. The number of nitrogens with zero attached hydrogens (tertiary/aromatic N) is 3. The molecule has 0 saturated carbocycles. The van der Waals surface area contributed by atoms with Gasteiger partial charge in [-0.2, -0.15) is 5.10 Å². The Bertz CT molecular complexity index is 579. The number of amides is 1. The van der Waals surface area contributed by atoms with Crippen LogP contribution in [0.3, 0.4) is 0 Å². The van der Waals surface area contributed by atoms with Crippen LogP contribution < -0.4 is 5.32 Å². The minimum Gasteiger partial charge on any atom is -0.328 e. The first kappa shape index (κ1) is 15.2. The molecule has 1 saturated heterocycles. The molecule has 1 aromatic heterocycles. The number of rotatable bonds is 4. The Balaban J connectivity index is 2.30. The fraction of sp³-hybridized carbons (Fsp3) is 0.462. The summed E-state index contributed by atoms with van der Waals surface area (Å²) in [6.45, 7) is 7.47. The van der Waals surface area contributed by atoms with Gasteiger partial charge in [-0.05, 0) is 47.1 Å². The molecular weight excluding hydrogens is 340 g/mol. The summed E-state index contributed by atoms with van der Waals surface area (Å²) in [5, 5.41) is 7.68. The minimum atomic E-state index is -0.0838. The van der Waals surface area contributed by atoms with Gasteiger partial charge in [0.2, 0.25) is 0 Å². The predicted octanol–water partition coefficient (Wildman–Crippen LogP) is 2.38. The molecule has 0 radical (unpaired) electrons. The Morgan fingerprint density at radius 2 is 2.25 bits per heavy atom. The Morgan fingerprint density at radius 1 is 1.55 bits per heavy atom. The Labute approximate surface area is 132 Å². The molecule has 1 fully saturated rings. The van der Waals surface area contributed by atoms with Crippen LogP contribution in [0.4, 0.5) is 0 Å². The standard InChI is InChI=1S/C13H17BrN4OS/c1-4-18-11(9(14)6-15-18)5-10-12(19)17(7-8(2)3)13(20)16-10/h5-6,8H,4,7H2,1-3H3,(H,16,20)/b10-5+. The van der Waals surface area contributed by atoms with E-state index in [0.717, 1.165) is 16.7 Å². The van der Waals surface area contributed by atoms with Crippen molar-refractivity contribution in [3.05, 3.63) is 22.1 Å². The van der Waals surface area contributed by atoms with Crippen LogP contribution in [0.5, 0.6) is 0 Å². The first-order chi connectivity index (χ1) is 9.43. The number of aromatic nitrogens is 2. The zero-order valence-corrected chi connectivity index (χ0v) is 14.1. The molecule has 0 aliphatic carbocycles. The molecule has 5 nitrogen and oxygen atoms in total. The van der Waals surface area contributed by atoms with E-state index < -0.39 is 0 Å². The molecule has 1 aliphatic rings. The largest absolute Gasteiger partial charge is 0.328 e. The second kappa shape index (κ2) is 6.05. The van der Waals surface area contributed by atoms with Crippen LogP contribution in [0.1, 0.15) is 26.5 Å². The van der Waals surface area contributed by atoms with E-state index in [1.54, 1.807) is 17.2 Å². The van der Waals surface area contributed by atoms with Crippen LogP contribution in [0.2, 0.25) is 0 Å². The molecule has 0 unspecified atom stereocenters. The fourth-order valence-electron chi connectivity index (χ4n) is 2.01. The van der Waals surface area contributed by atoms with Crippen molar-refractivity contribution in [1.82, 2.24) is 20.0 Å². The van der Waals surface area contributed by atoms with E-state index in [9.17, 15) is 4.79 Å². The number of hydrogen-bond acceptors (Lipinski definition) is 3. The van der Waals surface area contributed by atoms with Crippen LogP contribution in [-0.4, -0.2) is 32.2 Å². The molecule has 2 heterocycles. The van der Waals surface area contributed by atoms with Crippen LogP contribution in [0, 0.1) is 5.92 Å². The molecule has 1 aliphatic heterocycles. The Morgan fingerprint density at radius 3 is 2.85 bits per heavy atom. The maximum absolute atomic E-state index is 12.4. The summed E-state index contributed by atoms with van der Waals surface area (Å²) in [5.41, 5.74) is 1.35. The highest BCUT2D eigenvalue weighted by Crippen LogP contribution is 2.21. The van der Waals surface area contributed by atoms with Gasteiger partial charge >= 0.3 is 0 Å². The number of hydrogen-bond donors (Lipinski definition) is 1. The summed E-state index contributed by atoms with van der Waals surface area (Å²) in [6.07, 6.45) is 3.51. The molecule has 2 rings (SSSR count). The van der Waals surface area contributed by atoms with E-state index in [4.69, 9.17) is 12.2 Å². The van der Waals surface area contributed by atoms with Gasteiger partial charge in [0.25, 0.3) is 5.91 Å². The van der Waals surface area contributed by atoms with E-state index in [0.29, 0.717) is 23.3 Å². The molecule has 0 aromatic carbocycles. The molecule has 7 heteroatoms. The first-order valence-corrected chi connectivity index (χ1v) is 7.70. The van der Waals surface area contributed by atoms with Gasteiger partial charge in [-0.15, -0.1) is 0 Å². The summed E-state index contributed by atoms with van der Waals surface area (Å²) < 4.78 is 2.68.